The minimum absolute atomic E-state index is 0.0223. The molecular weight excluding hydrogens is 498 g/mol. The molecule has 2 heterocycles. The second-order valence-corrected chi connectivity index (χ2v) is 9.61. The summed E-state index contributed by atoms with van der Waals surface area (Å²) in [4.78, 5) is 33.4. The van der Waals surface area contributed by atoms with Gasteiger partial charge in [-0.15, -0.1) is 0 Å². The van der Waals surface area contributed by atoms with E-state index in [0.29, 0.717) is 29.6 Å². The van der Waals surface area contributed by atoms with E-state index in [9.17, 15) is 14.7 Å². The Morgan fingerprint density at radius 3 is 2.38 bits per heavy atom. The molecule has 0 bridgehead atoms. The maximum absolute atomic E-state index is 13.9. The zero-order valence-corrected chi connectivity index (χ0v) is 21.4. The first-order valence-electron chi connectivity index (χ1n) is 12.1. The zero-order valence-electron chi connectivity index (χ0n) is 20.6. The summed E-state index contributed by atoms with van der Waals surface area (Å²) in [5.74, 6) is -0.255. The predicted molar refractivity (Wildman–Crippen MR) is 137 cm³/mol. The van der Waals surface area contributed by atoms with Crippen LogP contribution in [0, 0.1) is 0 Å². The Morgan fingerprint density at radius 1 is 1.08 bits per heavy atom. The zero-order chi connectivity index (χ0) is 26.1. The minimum atomic E-state index is -0.718. The van der Waals surface area contributed by atoms with Crippen LogP contribution >= 0.6 is 11.6 Å². The van der Waals surface area contributed by atoms with Crippen LogP contribution in [0.1, 0.15) is 46.9 Å². The van der Waals surface area contributed by atoms with E-state index in [4.69, 9.17) is 25.8 Å². The summed E-state index contributed by atoms with van der Waals surface area (Å²) in [5.41, 5.74) is 0.226. The fourth-order valence-electron chi connectivity index (χ4n) is 4.66. The number of amides is 1. The number of benzene rings is 2. The molecular formula is C27H28ClN3O6. The van der Waals surface area contributed by atoms with Gasteiger partial charge < -0.3 is 24.2 Å². The van der Waals surface area contributed by atoms with E-state index in [1.165, 1.54) is 18.8 Å². The molecule has 1 aliphatic heterocycles. The number of likely N-dealkylation sites (tertiary alicyclic amines) is 1. The highest BCUT2D eigenvalue weighted by molar-refractivity contribution is 6.30. The van der Waals surface area contributed by atoms with Crippen molar-refractivity contribution in [3.8, 4) is 23.1 Å². The molecule has 0 spiro atoms. The molecule has 1 aliphatic carbocycles. The molecule has 1 saturated carbocycles. The first-order valence-corrected chi connectivity index (χ1v) is 12.5. The van der Waals surface area contributed by atoms with Crippen LogP contribution in [0.5, 0.6) is 17.4 Å². The summed E-state index contributed by atoms with van der Waals surface area (Å²) >= 11 is 6.01. The lowest BCUT2D eigenvalue weighted by molar-refractivity contribution is 0.0781. The highest BCUT2D eigenvalue weighted by atomic mass is 35.5. The van der Waals surface area contributed by atoms with Crippen LogP contribution in [-0.4, -0.2) is 58.9 Å². The molecule has 2 aliphatic rings. The van der Waals surface area contributed by atoms with E-state index >= 15 is 0 Å². The third kappa shape index (κ3) is 5.01. The van der Waals surface area contributed by atoms with Gasteiger partial charge in [0.15, 0.2) is 5.56 Å². The normalized spacial score (nSPS) is 17.2. The first-order chi connectivity index (χ1) is 17.9. The molecule has 10 heteroatoms. The van der Waals surface area contributed by atoms with Crippen LogP contribution in [0.25, 0.3) is 5.69 Å². The number of para-hydroxylation sites is 1. The number of nitrogens with zero attached hydrogens (tertiary/aromatic N) is 3. The maximum Gasteiger partial charge on any atom is 0.275 e. The van der Waals surface area contributed by atoms with Crippen LogP contribution in [0.15, 0.2) is 47.3 Å². The summed E-state index contributed by atoms with van der Waals surface area (Å²) in [6.45, 7) is 0.824. The Bertz CT molecular complexity index is 1350. The van der Waals surface area contributed by atoms with E-state index in [-0.39, 0.29) is 30.1 Å². The van der Waals surface area contributed by atoms with Gasteiger partial charge in [-0.05, 0) is 49.1 Å². The van der Waals surface area contributed by atoms with Gasteiger partial charge in [0, 0.05) is 24.0 Å². The second-order valence-electron chi connectivity index (χ2n) is 9.18. The number of methoxy groups -OCH3 is 2. The Balaban J connectivity index is 1.55. The number of aromatic hydroxyl groups is 1. The van der Waals surface area contributed by atoms with Gasteiger partial charge in [0.1, 0.15) is 29.6 Å². The number of hydrogen-bond acceptors (Lipinski definition) is 7. The summed E-state index contributed by atoms with van der Waals surface area (Å²) in [6, 6.07) is 12.6. The third-order valence-electron chi connectivity index (χ3n) is 6.76. The Labute approximate surface area is 219 Å². The number of ether oxygens (including phenoxy) is 3. The summed E-state index contributed by atoms with van der Waals surface area (Å²) in [5, 5.41) is 11.5. The van der Waals surface area contributed by atoms with Crippen molar-refractivity contribution in [2.75, 3.05) is 27.3 Å². The smallest absolute Gasteiger partial charge is 0.275 e. The molecule has 3 aromatic rings. The van der Waals surface area contributed by atoms with Gasteiger partial charge in [0.2, 0.25) is 5.88 Å². The van der Waals surface area contributed by atoms with Crippen molar-refractivity contribution in [2.24, 2.45) is 0 Å². The molecule has 2 fully saturated rings. The van der Waals surface area contributed by atoms with Crippen molar-refractivity contribution in [3.05, 3.63) is 74.8 Å². The maximum atomic E-state index is 13.9. The van der Waals surface area contributed by atoms with Crippen molar-refractivity contribution in [1.82, 2.24) is 14.5 Å². The Morgan fingerprint density at radius 2 is 1.76 bits per heavy atom. The Hall–Kier alpha value is -3.56. The lowest BCUT2D eigenvalue weighted by Gasteiger charge is -2.21. The number of carbonyl (C=O) groups is 1. The molecule has 37 heavy (non-hydrogen) atoms. The average molecular weight is 526 g/mol. The second kappa shape index (κ2) is 10.4. The summed E-state index contributed by atoms with van der Waals surface area (Å²) in [7, 11) is 2.95. The number of hydrogen-bond donors (Lipinski definition) is 1. The topological polar surface area (TPSA) is 103 Å². The number of halogens is 1. The van der Waals surface area contributed by atoms with Gasteiger partial charge in [-0.25, -0.2) is 0 Å². The molecule has 1 unspecified atom stereocenters. The molecule has 1 atom stereocenters. The minimum Gasteiger partial charge on any atom is -0.494 e. The molecule has 1 N–H and O–H groups in total. The number of rotatable bonds is 8. The Kier molecular flexibility index (Phi) is 7.08. The fraction of sp³-hybridized carbons (Fsp3) is 0.370. The number of carbonyl (C=O) groups excluding carboxylic acids is 1. The van der Waals surface area contributed by atoms with Gasteiger partial charge in [-0.2, -0.15) is 4.98 Å². The molecule has 5 rings (SSSR count). The van der Waals surface area contributed by atoms with Crippen molar-refractivity contribution in [3.63, 3.8) is 0 Å². The third-order valence-corrected chi connectivity index (χ3v) is 7.01. The van der Waals surface area contributed by atoms with Crippen LogP contribution in [0.4, 0.5) is 0 Å². The van der Waals surface area contributed by atoms with Gasteiger partial charge in [-0.1, -0.05) is 29.8 Å². The summed E-state index contributed by atoms with van der Waals surface area (Å²) < 4.78 is 18.1. The molecule has 9 nitrogen and oxygen atoms in total. The number of aromatic nitrogens is 2. The van der Waals surface area contributed by atoms with Gasteiger partial charge >= 0.3 is 0 Å². The molecule has 194 valence electrons. The highest BCUT2D eigenvalue weighted by Crippen LogP contribution is 2.34. The van der Waals surface area contributed by atoms with Gasteiger partial charge in [0.25, 0.3) is 11.5 Å². The predicted octanol–water partition coefficient (Wildman–Crippen LogP) is 3.92. The van der Waals surface area contributed by atoms with E-state index in [1.54, 1.807) is 23.1 Å². The molecule has 2 aromatic carbocycles. The molecule has 1 amide bonds. The van der Waals surface area contributed by atoms with Crippen LogP contribution in [0.3, 0.4) is 0 Å². The van der Waals surface area contributed by atoms with Crippen molar-refractivity contribution in [1.29, 1.82) is 0 Å². The standard InChI is InChI=1S/C27H28ClN3O6/c1-35-20-4-3-5-21(36-2)24(20)31-22(15-37-19-10-11-19)29-25(32)23(27(31)34)26(33)30-13-12-17(14-30)16-6-8-18(28)9-7-16/h3-9,17,19,32H,10-15H2,1-2H3. The molecule has 0 radical (unpaired) electrons. The average Bonchev–Trinajstić information content (AvgIpc) is 3.60. The van der Waals surface area contributed by atoms with Gasteiger partial charge in [0.05, 0.1) is 20.3 Å². The molecule has 1 aromatic heterocycles. The highest BCUT2D eigenvalue weighted by Gasteiger charge is 2.34. The lowest BCUT2D eigenvalue weighted by Crippen LogP contribution is -2.37. The van der Waals surface area contributed by atoms with E-state index < -0.39 is 22.9 Å². The van der Waals surface area contributed by atoms with E-state index in [2.05, 4.69) is 4.98 Å². The molecule has 1 saturated heterocycles. The van der Waals surface area contributed by atoms with Crippen molar-refractivity contribution in [2.45, 2.75) is 37.9 Å². The van der Waals surface area contributed by atoms with Crippen molar-refractivity contribution < 1.29 is 24.1 Å². The van der Waals surface area contributed by atoms with Gasteiger partial charge in [-0.3, -0.25) is 14.2 Å². The SMILES string of the molecule is COc1cccc(OC)c1-n1c(COC2CC2)nc(O)c(C(=O)N2CCC(c3ccc(Cl)cc3)C2)c1=O. The van der Waals surface area contributed by atoms with Crippen LogP contribution in [0.2, 0.25) is 5.02 Å². The fourth-order valence-corrected chi connectivity index (χ4v) is 4.78. The van der Waals surface area contributed by atoms with Crippen molar-refractivity contribution >= 4 is 17.5 Å². The van der Waals surface area contributed by atoms with Crippen LogP contribution in [-0.2, 0) is 11.3 Å². The summed E-state index contributed by atoms with van der Waals surface area (Å²) in [6.07, 6.45) is 2.66. The van der Waals surface area contributed by atoms with E-state index in [1.807, 2.05) is 24.3 Å². The lowest BCUT2D eigenvalue weighted by atomic mass is 9.99. The first kappa shape index (κ1) is 25.1. The monoisotopic (exact) mass is 525 g/mol. The van der Waals surface area contributed by atoms with E-state index in [0.717, 1.165) is 24.8 Å². The largest absolute Gasteiger partial charge is 0.494 e. The van der Waals surface area contributed by atoms with Crippen LogP contribution < -0.4 is 15.0 Å². The quantitative estimate of drug-likeness (QED) is 0.475.